The first kappa shape index (κ1) is 13.0. The predicted octanol–water partition coefficient (Wildman–Crippen LogP) is 0.240. The van der Waals surface area contributed by atoms with Crippen molar-refractivity contribution in [3.05, 3.63) is 36.4 Å². The molecule has 0 saturated carbocycles. The molecule has 1 rings (SSSR count). The van der Waals surface area contributed by atoms with Crippen molar-refractivity contribution in [2.45, 2.75) is 6.92 Å². The van der Waals surface area contributed by atoms with Gasteiger partial charge in [-0.1, -0.05) is 0 Å². The summed E-state index contributed by atoms with van der Waals surface area (Å²) in [5.74, 6) is -1.08. The predicted molar refractivity (Wildman–Crippen MR) is 36.0 cm³/mol. The van der Waals surface area contributed by atoms with E-state index < -0.39 is 5.97 Å². The van der Waals surface area contributed by atoms with Crippen LogP contribution in [-0.4, -0.2) is 5.97 Å². The largest absolute Gasteiger partial charge is 0.550 e. The van der Waals surface area contributed by atoms with E-state index in [9.17, 15) is 0 Å². The molecule has 0 spiro atoms. The zero-order chi connectivity index (χ0) is 7.82. The number of carbonyl (C=O) groups excluding carboxylic acids is 1. The van der Waals surface area contributed by atoms with Gasteiger partial charge in [-0.3, -0.25) is 0 Å². The second-order valence-electron chi connectivity index (χ2n) is 1.57. The molecule has 0 aliphatic carbocycles. The van der Waals surface area contributed by atoms with Gasteiger partial charge in [0.2, 0.25) is 0 Å². The molecule has 0 aromatic heterocycles. The number of carbonyl (C=O) groups is 1. The van der Waals surface area contributed by atoms with Gasteiger partial charge in [-0.15, -0.1) is 0 Å². The van der Waals surface area contributed by atoms with Crippen molar-refractivity contribution >= 4 is 5.97 Å². The minimum atomic E-state index is -1.08. The third-order valence-corrected chi connectivity index (χ3v) is 0.607. The Hall–Kier alpha value is -0.648. The molecule has 0 radical (unpaired) electrons. The molecule has 11 heavy (non-hydrogen) atoms. The zero-order valence-corrected chi connectivity index (χ0v) is 7.57. The molecule has 0 N–H and O–H groups in total. The first-order valence-corrected chi connectivity index (χ1v) is 2.82. The summed E-state index contributed by atoms with van der Waals surface area (Å²) < 4.78 is 0. The van der Waals surface area contributed by atoms with Crippen LogP contribution in [0.5, 0.6) is 0 Å². The summed E-state index contributed by atoms with van der Waals surface area (Å²) in [7, 11) is 0. The molecule has 64 valence electrons. The molecule has 2 nitrogen and oxygen atoms in total. The summed E-state index contributed by atoms with van der Waals surface area (Å²) in [6.07, 6.45) is 0. The average Bonchev–Trinajstić information content (AvgIpc) is 1.90. The Morgan fingerprint density at radius 3 is 1.73 bits per heavy atom. The second kappa shape index (κ2) is 9.35. The van der Waals surface area contributed by atoms with E-state index in [-0.39, 0.29) is 20.4 Å². The van der Waals surface area contributed by atoms with Crippen LogP contribution in [0, 0.1) is 6.07 Å². The van der Waals surface area contributed by atoms with E-state index >= 15 is 0 Å². The molecule has 0 saturated heterocycles. The molecule has 1 aromatic rings. The fourth-order valence-electron chi connectivity index (χ4n) is 0.342. The van der Waals surface area contributed by atoms with Crippen molar-refractivity contribution in [1.29, 1.82) is 0 Å². The van der Waals surface area contributed by atoms with Gasteiger partial charge in [0, 0.05) is 26.4 Å². The summed E-state index contributed by atoms with van der Waals surface area (Å²) in [4.78, 5) is 8.89. The minimum Gasteiger partial charge on any atom is -0.550 e. The molecule has 1 aromatic carbocycles. The van der Waals surface area contributed by atoms with E-state index in [1.807, 2.05) is 30.3 Å². The molecule has 0 amide bonds. The van der Waals surface area contributed by atoms with Crippen molar-refractivity contribution in [3.63, 3.8) is 0 Å². The Labute approximate surface area is 79.9 Å². The van der Waals surface area contributed by atoms with E-state index in [1.165, 1.54) is 0 Å². The second-order valence-corrected chi connectivity index (χ2v) is 1.57. The Morgan fingerprint density at radius 2 is 1.64 bits per heavy atom. The van der Waals surface area contributed by atoms with Crippen molar-refractivity contribution in [1.82, 2.24) is 0 Å². The topological polar surface area (TPSA) is 40.1 Å². The summed E-state index contributed by atoms with van der Waals surface area (Å²) in [6.45, 7) is 0.972. The van der Waals surface area contributed by atoms with Crippen LogP contribution in [0.2, 0.25) is 0 Å². The van der Waals surface area contributed by atoms with Gasteiger partial charge >= 0.3 is 0 Å². The number of benzene rings is 1. The fraction of sp³-hybridized carbons (Fsp3) is 0.125. The molecule has 0 heterocycles. The molecule has 0 aliphatic rings. The molecule has 0 atom stereocenters. The van der Waals surface area contributed by atoms with Crippen molar-refractivity contribution in [2.24, 2.45) is 0 Å². The summed E-state index contributed by atoms with van der Waals surface area (Å²) in [5.41, 5.74) is 0. The van der Waals surface area contributed by atoms with E-state index in [0.717, 1.165) is 6.92 Å². The van der Waals surface area contributed by atoms with Crippen LogP contribution >= 0.6 is 0 Å². The number of hydrogen-bond acceptors (Lipinski definition) is 2. The molecule has 0 aliphatic heterocycles. The maximum atomic E-state index is 8.89. The Bertz CT molecular complexity index is 144. The molecular weight excluding hydrogens is 235 g/mol. The van der Waals surface area contributed by atoms with Crippen LogP contribution in [0.15, 0.2) is 30.3 Å². The first-order chi connectivity index (χ1) is 4.73. The fourth-order valence-corrected chi connectivity index (χ4v) is 0.342. The Kier molecular flexibility index (Phi) is 11.0. The van der Waals surface area contributed by atoms with Gasteiger partial charge < -0.3 is 9.90 Å². The SMILES string of the molecule is CC(=O)[O-].[Pd].[c-]1ccccc1. The third kappa shape index (κ3) is 17.6. The average molecular weight is 243 g/mol. The smallest absolute Gasteiger partial charge is 0.0383 e. The van der Waals surface area contributed by atoms with Crippen LogP contribution < -0.4 is 5.11 Å². The van der Waals surface area contributed by atoms with Gasteiger partial charge in [-0.2, -0.15) is 36.4 Å². The number of carboxylic acids is 1. The van der Waals surface area contributed by atoms with Gasteiger partial charge in [0.1, 0.15) is 0 Å². The van der Waals surface area contributed by atoms with Gasteiger partial charge in [0.05, 0.1) is 0 Å². The minimum absolute atomic E-state index is 0. The van der Waals surface area contributed by atoms with E-state index in [2.05, 4.69) is 6.07 Å². The van der Waals surface area contributed by atoms with Gasteiger partial charge in [0.15, 0.2) is 0 Å². The van der Waals surface area contributed by atoms with E-state index in [4.69, 9.17) is 9.90 Å². The quantitative estimate of drug-likeness (QED) is 0.483. The van der Waals surface area contributed by atoms with Crippen molar-refractivity contribution in [3.8, 4) is 0 Å². The Morgan fingerprint density at radius 1 is 1.27 bits per heavy atom. The normalized spacial score (nSPS) is 6.64. The molecule has 0 bridgehead atoms. The monoisotopic (exact) mass is 242 g/mol. The van der Waals surface area contributed by atoms with Crippen LogP contribution in [0.25, 0.3) is 0 Å². The summed E-state index contributed by atoms with van der Waals surface area (Å²) in [5, 5.41) is 8.89. The number of hydrogen-bond donors (Lipinski definition) is 0. The maximum Gasteiger partial charge on any atom is 0.0383 e. The van der Waals surface area contributed by atoms with Crippen LogP contribution in [0.4, 0.5) is 0 Å². The summed E-state index contributed by atoms with van der Waals surface area (Å²) >= 11 is 0. The van der Waals surface area contributed by atoms with Gasteiger partial charge in [-0.05, 0) is 6.92 Å². The number of rotatable bonds is 0. The zero-order valence-electron chi connectivity index (χ0n) is 6.02. The standard InChI is InChI=1S/C6H5.C2H4O2.Pd/c1-2-4-6-5-3-1;1-2(3)4;/h1-5H;1H3,(H,3,4);/q-1;;/p-1. The van der Waals surface area contributed by atoms with Gasteiger partial charge in [0.25, 0.3) is 0 Å². The third-order valence-electron chi connectivity index (χ3n) is 0.607. The number of aliphatic carboxylic acids is 1. The van der Waals surface area contributed by atoms with Crippen molar-refractivity contribution < 1.29 is 30.3 Å². The van der Waals surface area contributed by atoms with Crippen LogP contribution in [-0.2, 0) is 25.2 Å². The number of carboxylic acid groups (broad SMARTS) is 1. The van der Waals surface area contributed by atoms with E-state index in [1.54, 1.807) is 0 Å². The van der Waals surface area contributed by atoms with Crippen molar-refractivity contribution in [2.75, 3.05) is 0 Å². The summed E-state index contributed by atoms with van der Waals surface area (Å²) in [6, 6.07) is 12.5. The van der Waals surface area contributed by atoms with Crippen LogP contribution in [0.1, 0.15) is 6.92 Å². The van der Waals surface area contributed by atoms with E-state index in [0.29, 0.717) is 0 Å². The molecule has 3 heteroatoms. The molecule has 0 fully saturated rings. The molecule has 0 unspecified atom stereocenters. The Balaban J connectivity index is 0. The van der Waals surface area contributed by atoms with Crippen LogP contribution in [0.3, 0.4) is 0 Å². The molecular formula is C8H8O2Pd-2. The van der Waals surface area contributed by atoms with Gasteiger partial charge in [-0.25, -0.2) is 0 Å². The maximum absolute atomic E-state index is 8.89. The first-order valence-electron chi connectivity index (χ1n) is 2.82.